The highest BCUT2D eigenvalue weighted by atomic mass is 32.2. The van der Waals surface area contributed by atoms with Crippen LogP contribution in [0.5, 0.6) is 0 Å². The summed E-state index contributed by atoms with van der Waals surface area (Å²) in [5, 5.41) is 7.90. The smallest absolute Gasteiger partial charge is 0.0716 e. The van der Waals surface area contributed by atoms with Crippen molar-refractivity contribution in [1.82, 2.24) is 0 Å². The van der Waals surface area contributed by atoms with Gasteiger partial charge in [0, 0.05) is 5.69 Å². The summed E-state index contributed by atoms with van der Waals surface area (Å²) in [6.45, 7) is -0.454. The standard InChI is InChI=1S/C8H11NO3S/c9-7-4-2-1-3-6(7)8(5-10)13(11)12/h1-4,8,10H,5,9H2,(H,11,12)/p-1. The van der Waals surface area contributed by atoms with Gasteiger partial charge in [0.15, 0.2) is 0 Å². The van der Waals surface area contributed by atoms with Crippen molar-refractivity contribution in [2.75, 3.05) is 12.3 Å². The minimum atomic E-state index is -2.34. The Balaban J connectivity index is 3.04. The lowest BCUT2D eigenvalue weighted by atomic mass is 10.1. The van der Waals surface area contributed by atoms with E-state index in [1.165, 1.54) is 0 Å². The van der Waals surface area contributed by atoms with Crippen molar-refractivity contribution in [1.29, 1.82) is 0 Å². The van der Waals surface area contributed by atoms with E-state index in [1.54, 1.807) is 24.3 Å². The van der Waals surface area contributed by atoms with Gasteiger partial charge in [0.1, 0.15) is 0 Å². The van der Waals surface area contributed by atoms with Crippen LogP contribution in [-0.2, 0) is 11.1 Å². The average Bonchev–Trinajstić information content (AvgIpc) is 2.09. The lowest BCUT2D eigenvalue weighted by Gasteiger charge is -2.18. The Kier molecular flexibility index (Phi) is 3.41. The van der Waals surface area contributed by atoms with E-state index >= 15 is 0 Å². The summed E-state index contributed by atoms with van der Waals surface area (Å²) in [7, 11) is 0. The van der Waals surface area contributed by atoms with E-state index in [1.807, 2.05) is 0 Å². The zero-order chi connectivity index (χ0) is 9.84. The molecule has 1 aromatic carbocycles. The quantitative estimate of drug-likeness (QED) is 0.538. The molecule has 0 saturated carbocycles. The van der Waals surface area contributed by atoms with E-state index in [0.717, 1.165) is 0 Å². The number of nitrogen functional groups attached to an aromatic ring is 1. The highest BCUT2D eigenvalue weighted by Gasteiger charge is 2.12. The molecule has 0 spiro atoms. The topological polar surface area (TPSA) is 86.4 Å². The number of hydrogen-bond acceptors (Lipinski definition) is 4. The van der Waals surface area contributed by atoms with Crippen LogP contribution in [0, 0.1) is 0 Å². The first-order valence-corrected chi connectivity index (χ1v) is 4.84. The summed E-state index contributed by atoms with van der Waals surface area (Å²) in [6, 6.07) is 6.58. The third kappa shape index (κ3) is 2.27. The van der Waals surface area contributed by atoms with Gasteiger partial charge in [-0.2, -0.15) is 0 Å². The summed E-state index contributed by atoms with van der Waals surface area (Å²) in [4.78, 5) is 0. The monoisotopic (exact) mass is 200 g/mol. The molecule has 0 fully saturated rings. The van der Waals surface area contributed by atoms with Gasteiger partial charge >= 0.3 is 0 Å². The molecule has 2 unspecified atom stereocenters. The van der Waals surface area contributed by atoms with E-state index < -0.39 is 22.9 Å². The molecule has 0 bridgehead atoms. The molecule has 4 nitrogen and oxygen atoms in total. The second-order valence-corrected chi connectivity index (χ2v) is 3.65. The number of anilines is 1. The number of benzene rings is 1. The Morgan fingerprint density at radius 3 is 2.62 bits per heavy atom. The largest absolute Gasteiger partial charge is 0.772 e. The van der Waals surface area contributed by atoms with Crippen LogP contribution in [0.25, 0.3) is 0 Å². The van der Waals surface area contributed by atoms with Crippen LogP contribution < -0.4 is 5.73 Å². The van der Waals surface area contributed by atoms with Gasteiger partial charge in [-0.05, 0) is 22.7 Å². The van der Waals surface area contributed by atoms with Gasteiger partial charge in [-0.15, -0.1) is 0 Å². The fourth-order valence-electron chi connectivity index (χ4n) is 1.07. The molecule has 0 heterocycles. The maximum Gasteiger partial charge on any atom is 0.0716 e. The zero-order valence-corrected chi connectivity index (χ0v) is 7.66. The van der Waals surface area contributed by atoms with Crippen LogP contribution in [0.4, 0.5) is 5.69 Å². The predicted octanol–water partition coefficient (Wildman–Crippen LogP) is 0.181. The lowest BCUT2D eigenvalue weighted by Crippen LogP contribution is -2.12. The fraction of sp³-hybridized carbons (Fsp3) is 0.250. The Morgan fingerprint density at radius 1 is 1.54 bits per heavy atom. The van der Waals surface area contributed by atoms with Crippen molar-refractivity contribution < 1.29 is 13.9 Å². The highest BCUT2D eigenvalue weighted by molar-refractivity contribution is 7.79. The molecule has 0 aromatic heterocycles. The number of aliphatic hydroxyl groups is 1. The van der Waals surface area contributed by atoms with Crippen LogP contribution in [0.15, 0.2) is 24.3 Å². The molecule has 1 rings (SSSR count). The van der Waals surface area contributed by atoms with E-state index in [2.05, 4.69) is 0 Å². The van der Waals surface area contributed by atoms with Gasteiger partial charge in [-0.1, -0.05) is 18.2 Å². The normalized spacial score (nSPS) is 15.2. The maximum atomic E-state index is 10.7. The number of para-hydroxylation sites is 1. The van der Waals surface area contributed by atoms with Crippen molar-refractivity contribution in [3.05, 3.63) is 29.8 Å². The molecule has 3 N–H and O–H groups in total. The van der Waals surface area contributed by atoms with Gasteiger partial charge in [0.25, 0.3) is 0 Å². The van der Waals surface area contributed by atoms with Crippen LogP contribution in [-0.4, -0.2) is 20.5 Å². The van der Waals surface area contributed by atoms with Crippen molar-refractivity contribution in [2.24, 2.45) is 0 Å². The van der Waals surface area contributed by atoms with E-state index in [9.17, 15) is 8.76 Å². The Hall–Kier alpha value is -0.910. The van der Waals surface area contributed by atoms with Gasteiger partial charge in [-0.3, -0.25) is 4.21 Å². The fourth-order valence-corrected chi connectivity index (χ4v) is 1.61. The SMILES string of the molecule is Nc1ccccc1C(CO)S(=O)[O-]. The molecule has 5 heteroatoms. The van der Waals surface area contributed by atoms with Crippen molar-refractivity contribution in [3.8, 4) is 0 Å². The summed E-state index contributed by atoms with van der Waals surface area (Å²) in [5.74, 6) is 0. The minimum absolute atomic E-state index is 0.380. The molecule has 0 radical (unpaired) electrons. The van der Waals surface area contributed by atoms with Crippen molar-refractivity contribution in [3.63, 3.8) is 0 Å². The Labute approximate surface area is 78.7 Å². The van der Waals surface area contributed by atoms with Gasteiger partial charge < -0.3 is 15.4 Å². The number of rotatable bonds is 3. The summed E-state index contributed by atoms with van der Waals surface area (Å²) < 4.78 is 21.3. The number of aliphatic hydroxyl groups excluding tert-OH is 1. The van der Waals surface area contributed by atoms with E-state index in [4.69, 9.17) is 10.8 Å². The minimum Gasteiger partial charge on any atom is -0.772 e. The van der Waals surface area contributed by atoms with Crippen molar-refractivity contribution in [2.45, 2.75) is 5.25 Å². The Morgan fingerprint density at radius 2 is 2.15 bits per heavy atom. The van der Waals surface area contributed by atoms with Gasteiger partial charge in [0.2, 0.25) is 0 Å². The molecule has 0 aliphatic carbocycles. The first kappa shape index (κ1) is 10.2. The molecular formula is C8H10NO3S-. The third-order valence-electron chi connectivity index (χ3n) is 1.74. The lowest BCUT2D eigenvalue weighted by molar-refractivity contribution is 0.290. The molecule has 2 atom stereocenters. The van der Waals surface area contributed by atoms with Crippen LogP contribution in [0.3, 0.4) is 0 Å². The van der Waals surface area contributed by atoms with Crippen LogP contribution >= 0.6 is 0 Å². The third-order valence-corrected chi connectivity index (χ3v) is 2.61. The first-order chi connectivity index (χ1) is 6.16. The second kappa shape index (κ2) is 4.36. The number of hydrogen-bond donors (Lipinski definition) is 2. The highest BCUT2D eigenvalue weighted by Crippen LogP contribution is 2.23. The molecule has 72 valence electrons. The summed E-state index contributed by atoms with van der Waals surface area (Å²) in [5.41, 5.74) is 6.37. The second-order valence-electron chi connectivity index (χ2n) is 2.56. The molecule has 0 aliphatic rings. The van der Waals surface area contributed by atoms with Crippen LogP contribution in [0.2, 0.25) is 0 Å². The number of nitrogens with two attached hydrogens (primary N) is 1. The van der Waals surface area contributed by atoms with Crippen molar-refractivity contribution >= 4 is 16.8 Å². The summed E-state index contributed by atoms with van der Waals surface area (Å²) in [6.07, 6.45) is 0. The predicted molar refractivity (Wildman–Crippen MR) is 49.6 cm³/mol. The maximum absolute atomic E-state index is 10.7. The molecule has 0 amide bonds. The average molecular weight is 200 g/mol. The summed E-state index contributed by atoms with van der Waals surface area (Å²) >= 11 is -2.34. The molecule has 13 heavy (non-hydrogen) atoms. The molecule has 0 aliphatic heterocycles. The zero-order valence-electron chi connectivity index (χ0n) is 6.84. The first-order valence-electron chi connectivity index (χ1n) is 3.70. The molecular weight excluding hydrogens is 190 g/mol. The van der Waals surface area contributed by atoms with Gasteiger partial charge in [0.05, 0.1) is 11.9 Å². The Bertz CT molecular complexity index is 316. The van der Waals surface area contributed by atoms with Gasteiger partial charge in [-0.25, -0.2) is 0 Å². The molecule has 0 saturated heterocycles. The van der Waals surface area contributed by atoms with E-state index in [0.29, 0.717) is 11.3 Å². The van der Waals surface area contributed by atoms with E-state index in [-0.39, 0.29) is 0 Å². The van der Waals surface area contributed by atoms with Crippen LogP contribution in [0.1, 0.15) is 10.8 Å². The molecule has 1 aromatic rings.